The van der Waals surface area contributed by atoms with Gasteiger partial charge in [0.25, 0.3) is 0 Å². The number of phenolic OH excluding ortho intramolecular Hbond substituents is 1. The SMILES string of the molecule is CC(Cc1ccc(Cl)cc1)NC(C)c1ccc(F)cc1O. The molecule has 0 saturated heterocycles. The number of aromatic hydroxyl groups is 1. The quantitative estimate of drug-likeness (QED) is 0.854. The molecule has 2 rings (SSSR count). The Labute approximate surface area is 129 Å². The minimum absolute atomic E-state index is 0.0197. The molecule has 0 heterocycles. The van der Waals surface area contributed by atoms with Crippen molar-refractivity contribution in [2.45, 2.75) is 32.4 Å². The maximum atomic E-state index is 13.0. The summed E-state index contributed by atoms with van der Waals surface area (Å²) in [5, 5.41) is 13.9. The summed E-state index contributed by atoms with van der Waals surface area (Å²) in [6.07, 6.45) is 0.851. The van der Waals surface area contributed by atoms with Gasteiger partial charge in [-0.2, -0.15) is 0 Å². The molecular weight excluding hydrogens is 289 g/mol. The minimum atomic E-state index is -0.433. The summed E-state index contributed by atoms with van der Waals surface area (Å²) >= 11 is 5.87. The number of benzene rings is 2. The van der Waals surface area contributed by atoms with Crippen molar-refractivity contribution in [3.63, 3.8) is 0 Å². The predicted octanol–water partition coefficient (Wildman–Crippen LogP) is 4.47. The van der Waals surface area contributed by atoms with Crippen LogP contribution in [-0.4, -0.2) is 11.1 Å². The van der Waals surface area contributed by atoms with Crippen molar-refractivity contribution in [2.75, 3.05) is 0 Å². The van der Waals surface area contributed by atoms with Crippen LogP contribution in [0.5, 0.6) is 5.75 Å². The fraction of sp³-hybridized carbons (Fsp3) is 0.294. The number of hydrogen-bond donors (Lipinski definition) is 2. The van der Waals surface area contributed by atoms with Gasteiger partial charge >= 0.3 is 0 Å². The maximum Gasteiger partial charge on any atom is 0.126 e. The molecule has 4 heteroatoms. The molecule has 2 nitrogen and oxygen atoms in total. The van der Waals surface area contributed by atoms with Gasteiger partial charge in [-0.1, -0.05) is 29.8 Å². The lowest BCUT2D eigenvalue weighted by molar-refractivity contribution is 0.429. The standard InChI is InChI=1S/C17H19ClFNO/c1-11(9-13-3-5-14(18)6-4-13)20-12(2)16-8-7-15(19)10-17(16)21/h3-8,10-12,20-21H,9H2,1-2H3. The second kappa shape index (κ2) is 6.92. The first-order chi connectivity index (χ1) is 9.95. The largest absolute Gasteiger partial charge is 0.508 e. The van der Waals surface area contributed by atoms with Gasteiger partial charge in [-0.15, -0.1) is 0 Å². The molecule has 0 fully saturated rings. The monoisotopic (exact) mass is 307 g/mol. The first-order valence-corrected chi connectivity index (χ1v) is 7.32. The van der Waals surface area contributed by atoms with Gasteiger partial charge in [0.05, 0.1) is 0 Å². The van der Waals surface area contributed by atoms with Gasteiger partial charge in [-0.3, -0.25) is 0 Å². The second-order valence-electron chi connectivity index (χ2n) is 5.32. The molecular formula is C17H19ClFNO. The molecule has 21 heavy (non-hydrogen) atoms. The van der Waals surface area contributed by atoms with E-state index in [1.807, 2.05) is 31.2 Å². The van der Waals surface area contributed by atoms with Crippen LogP contribution in [0.4, 0.5) is 4.39 Å². The van der Waals surface area contributed by atoms with Crippen molar-refractivity contribution >= 4 is 11.6 Å². The molecule has 0 saturated carbocycles. The normalized spacial score (nSPS) is 13.9. The van der Waals surface area contributed by atoms with Crippen LogP contribution in [0.25, 0.3) is 0 Å². The van der Waals surface area contributed by atoms with Crippen LogP contribution in [0, 0.1) is 5.82 Å². The van der Waals surface area contributed by atoms with E-state index in [9.17, 15) is 9.50 Å². The average Bonchev–Trinajstić information content (AvgIpc) is 2.41. The third-order valence-electron chi connectivity index (χ3n) is 3.45. The fourth-order valence-corrected chi connectivity index (χ4v) is 2.56. The van der Waals surface area contributed by atoms with Crippen LogP contribution >= 0.6 is 11.6 Å². The van der Waals surface area contributed by atoms with Gasteiger partial charge in [0.2, 0.25) is 0 Å². The topological polar surface area (TPSA) is 32.3 Å². The second-order valence-corrected chi connectivity index (χ2v) is 5.76. The van der Waals surface area contributed by atoms with Crippen molar-refractivity contribution in [2.24, 2.45) is 0 Å². The molecule has 0 spiro atoms. The molecule has 112 valence electrons. The lowest BCUT2D eigenvalue weighted by Crippen LogP contribution is -2.30. The molecule has 2 atom stereocenters. The number of rotatable bonds is 5. The van der Waals surface area contributed by atoms with Gasteiger partial charge in [-0.05, 0) is 44.0 Å². The minimum Gasteiger partial charge on any atom is -0.508 e. The summed E-state index contributed by atoms with van der Waals surface area (Å²) in [5.74, 6) is -0.452. The summed E-state index contributed by atoms with van der Waals surface area (Å²) in [6.45, 7) is 4.02. The Bertz CT molecular complexity index is 600. The highest BCUT2D eigenvalue weighted by molar-refractivity contribution is 6.30. The van der Waals surface area contributed by atoms with Gasteiger partial charge in [0.15, 0.2) is 0 Å². The highest BCUT2D eigenvalue weighted by Gasteiger charge is 2.14. The van der Waals surface area contributed by atoms with Gasteiger partial charge in [0.1, 0.15) is 11.6 Å². The Hall–Kier alpha value is -1.58. The third-order valence-corrected chi connectivity index (χ3v) is 3.70. The molecule has 0 bridgehead atoms. The van der Waals surface area contributed by atoms with E-state index in [1.165, 1.54) is 11.6 Å². The van der Waals surface area contributed by atoms with E-state index in [0.29, 0.717) is 5.56 Å². The highest BCUT2D eigenvalue weighted by atomic mass is 35.5. The zero-order chi connectivity index (χ0) is 15.4. The summed E-state index contributed by atoms with van der Waals surface area (Å²) < 4.78 is 13.0. The molecule has 0 radical (unpaired) electrons. The van der Waals surface area contributed by atoms with Crippen LogP contribution in [-0.2, 0) is 6.42 Å². The smallest absolute Gasteiger partial charge is 0.126 e. The van der Waals surface area contributed by atoms with E-state index in [4.69, 9.17) is 11.6 Å². The highest BCUT2D eigenvalue weighted by Crippen LogP contribution is 2.25. The van der Waals surface area contributed by atoms with Gasteiger partial charge in [0, 0.05) is 28.7 Å². The first kappa shape index (κ1) is 15.8. The molecule has 2 aromatic rings. The van der Waals surface area contributed by atoms with Crippen molar-refractivity contribution < 1.29 is 9.50 Å². The van der Waals surface area contributed by atoms with E-state index in [1.54, 1.807) is 6.07 Å². The lowest BCUT2D eigenvalue weighted by atomic mass is 10.0. The molecule has 2 N–H and O–H groups in total. The van der Waals surface area contributed by atoms with Crippen LogP contribution in [0.3, 0.4) is 0 Å². The molecule has 2 aromatic carbocycles. The Morgan fingerprint density at radius 1 is 1.14 bits per heavy atom. The van der Waals surface area contributed by atoms with E-state index < -0.39 is 5.82 Å². The molecule has 2 unspecified atom stereocenters. The fourth-order valence-electron chi connectivity index (χ4n) is 2.43. The van der Waals surface area contributed by atoms with Crippen LogP contribution in [0.1, 0.15) is 31.0 Å². The number of nitrogens with one attached hydrogen (secondary N) is 1. The summed E-state index contributed by atoms with van der Waals surface area (Å²) in [7, 11) is 0. The third kappa shape index (κ3) is 4.45. The summed E-state index contributed by atoms with van der Waals surface area (Å²) in [4.78, 5) is 0. The maximum absolute atomic E-state index is 13.0. The molecule has 0 amide bonds. The molecule has 0 aliphatic heterocycles. The molecule has 0 aliphatic carbocycles. The predicted molar refractivity (Wildman–Crippen MR) is 84.2 cm³/mol. The van der Waals surface area contributed by atoms with Crippen molar-refractivity contribution in [1.82, 2.24) is 5.32 Å². The number of hydrogen-bond acceptors (Lipinski definition) is 2. The number of phenols is 1. The summed E-state index contributed by atoms with van der Waals surface area (Å²) in [5.41, 5.74) is 1.88. The van der Waals surface area contributed by atoms with E-state index in [-0.39, 0.29) is 17.8 Å². The van der Waals surface area contributed by atoms with Crippen LogP contribution in [0.2, 0.25) is 5.02 Å². The van der Waals surface area contributed by atoms with Gasteiger partial charge in [-0.25, -0.2) is 4.39 Å². The Morgan fingerprint density at radius 3 is 2.43 bits per heavy atom. The van der Waals surface area contributed by atoms with Crippen molar-refractivity contribution in [3.05, 3.63) is 64.4 Å². The average molecular weight is 308 g/mol. The van der Waals surface area contributed by atoms with Crippen molar-refractivity contribution in [3.8, 4) is 5.75 Å². The zero-order valence-corrected chi connectivity index (χ0v) is 12.9. The summed E-state index contributed by atoms with van der Waals surface area (Å²) in [6, 6.07) is 12.0. The first-order valence-electron chi connectivity index (χ1n) is 6.94. The molecule has 0 aromatic heterocycles. The lowest BCUT2D eigenvalue weighted by Gasteiger charge is -2.21. The van der Waals surface area contributed by atoms with Crippen LogP contribution in [0.15, 0.2) is 42.5 Å². The van der Waals surface area contributed by atoms with Crippen LogP contribution < -0.4 is 5.32 Å². The van der Waals surface area contributed by atoms with Crippen molar-refractivity contribution in [1.29, 1.82) is 0 Å². The zero-order valence-electron chi connectivity index (χ0n) is 12.1. The Balaban J connectivity index is 1.98. The van der Waals surface area contributed by atoms with Gasteiger partial charge < -0.3 is 10.4 Å². The number of halogens is 2. The van der Waals surface area contributed by atoms with E-state index in [2.05, 4.69) is 12.2 Å². The Kier molecular flexibility index (Phi) is 5.21. The molecule has 0 aliphatic rings. The van der Waals surface area contributed by atoms with E-state index in [0.717, 1.165) is 17.5 Å². The Morgan fingerprint density at radius 2 is 1.81 bits per heavy atom. The van der Waals surface area contributed by atoms with E-state index >= 15 is 0 Å².